The molecule has 2 aromatic carbocycles. The van der Waals surface area contributed by atoms with Gasteiger partial charge in [0.1, 0.15) is 29.2 Å². The molecule has 1 N–H and O–H groups in total. The first-order chi connectivity index (χ1) is 16.0. The Balaban J connectivity index is 1.40. The molecule has 0 bridgehead atoms. The van der Waals surface area contributed by atoms with Crippen molar-refractivity contribution in [3.63, 3.8) is 0 Å². The third-order valence-electron chi connectivity index (χ3n) is 5.75. The number of pyridine rings is 1. The highest BCUT2D eigenvalue weighted by Crippen LogP contribution is 2.29. The van der Waals surface area contributed by atoms with E-state index in [-0.39, 0.29) is 23.7 Å². The summed E-state index contributed by atoms with van der Waals surface area (Å²) in [5.41, 5.74) is 1.76. The molecule has 0 radical (unpaired) electrons. The van der Waals surface area contributed by atoms with Gasteiger partial charge in [-0.25, -0.2) is 13.8 Å². The van der Waals surface area contributed by atoms with Gasteiger partial charge in [0, 0.05) is 17.4 Å². The van der Waals surface area contributed by atoms with Gasteiger partial charge in [-0.3, -0.25) is 4.79 Å². The quantitative estimate of drug-likeness (QED) is 0.489. The average molecular weight is 449 g/mol. The van der Waals surface area contributed by atoms with Gasteiger partial charge in [0.15, 0.2) is 0 Å². The Bertz CT molecular complexity index is 1320. The number of aromatic amines is 1. The molecule has 1 unspecified atom stereocenters. The van der Waals surface area contributed by atoms with Crippen LogP contribution in [-0.2, 0) is 4.74 Å². The van der Waals surface area contributed by atoms with E-state index < -0.39 is 17.7 Å². The molecule has 6 nitrogen and oxygen atoms in total. The molecule has 33 heavy (non-hydrogen) atoms. The van der Waals surface area contributed by atoms with Crippen molar-refractivity contribution < 1.29 is 23.0 Å². The number of ether oxygens (including phenoxy) is 2. The van der Waals surface area contributed by atoms with Crippen molar-refractivity contribution in [3.8, 4) is 17.0 Å². The molecule has 1 atom stereocenters. The summed E-state index contributed by atoms with van der Waals surface area (Å²) in [5, 5.41) is 0.828. The molecule has 0 aliphatic carbocycles. The number of nitrogens with zero attached hydrogens (tertiary/aromatic N) is 2. The van der Waals surface area contributed by atoms with Crippen LogP contribution in [0.1, 0.15) is 22.3 Å². The van der Waals surface area contributed by atoms with Crippen LogP contribution in [0.5, 0.6) is 5.75 Å². The highest BCUT2D eigenvalue weighted by atomic mass is 19.1. The summed E-state index contributed by atoms with van der Waals surface area (Å²) in [6.07, 6.45) is -0.517. The number of methoxy groups -OCH3 is 1. The Hall–Kier alpha value is -3.78. The molecular weight excluding hydrogens is 428 g/mol. The van der Waals surface area contributed by atoms with Gasteiger partial charge >= 0.3 is 0 Å². The zero-order chi connectivity index (χ0) is 22.9. The van der Waals surface area contributed by atoms with E-state index in [0.717, 1.165) is 10.9 Å². The van der Waals surface area contributed by atoms with Gasteiger partial charge in [0.2, 0.25) is 0 Å². The van der Waals surface area contributed by atoms with Gasteiger partial charge in [-0.05, 0) is 42.5 Å². The minimum atomic E-state index is -0.685. The summed E-state index contributed by atoms with van der Waals surface area (Å²) in [6, 6.07) is 16.0. The van der Waals surface area contributed by atoms with E-state index in [1.165, 1.54) is 18.2 Å². The van der Waals surface area contributed by atoms with Crippen LogP contribution in [0.3, 0.4) is 0 Å². The number of rotatable bonds is 4. The minimum absolute atomic E-state index is 0.169. The van der Waals surface area contributed by atoms with Crippen LogP contribution in [0.2, 0.25) is 0 Å². The Labute approximate surface area is 188 Å². The number of fused-ring (bicyclic) bond motifs is 1. The zero-order valence-corrected chi connectivity index (χ0v) is 17.8. The molecule has 3 heterocycles. The molecule has 1 amide bonds. The van der Waals surface area contributed by atoms with Crippen molar-refractivity contribution in [2.45, 2.75) is 6.10 Å². The fraction of sp³-hybridized carbons (Fsp3) is 0.200. The van der Waals surface area contributed by atoms with Crippen molar-refractivity contribution in [3.05, 3.63) is 83.7 Å². The van der Waals surface area contributed by atoms with Gasteiger partial charge in [0.05, 0.1) is 37.2 Å². The molecule has 0 spiro atoms. The van der Waals surface area contributed by atoms with E-state index in [2.05, 4.69) is 9.97 Å². The summed E-state index contributed by atoms with van der Waals surface area (Å²) in [4.78, 5) is 22.5. The van der Waals surface area contributed by atoms with E-state index in [0.29, 0.717) is 30.3 Å². The monoisotopic (exact) mass is 449 g/mol. The number of benzene rings is 2. The Kier molecular flexibility index (Phi) is 5.51. The second-order valence-corrected chi connectivity index (χ2v) is 7.76. The molecule has 4 aromatic rings. The zero-order valence-electron chi connectivity index (χ0n) is 17.8. The highest BCUT2D eigenvalue weighted by Gasteiger charge is 2.28. The van der Waals surface area contributed by atoms with E-state index in [1.54, 1.807) is 36.3 Å². The topological polar surface area (TPSA) is 67.5 Å². The van der Waals surface area contributed by atoms with Gasteiger partial charge in [-0.15, -0.1) is 0 Å². The summed E-state index contributed by atoms with van der Waals surface area (Å²) < 4.78 is 39.7. The summed E-state index contributed by atoms with van der Waals surface area (Å²) in [5.74, 6) is -0.854. The number of halogens is 2. The Morgan fingerprint density at radius 3 is 2.67 bits per heavy atom. The summed E-state index contributed by atoms with van der Waals surface area (Å²) in [7, 11) is 1.59. The van der Waals surface area contributed by atoms with Crippen LogP contribution < -0.4 is 4.74 Å². The maximum absolute atomic E-state index is 14.2. The molecule has 1 fully saturated rings. The minimum Gasteiger partial charge on any atom is -0.496 e. The normalized spacial score (nSPS) is 16.2. The van der Waals surface area contributed by atoms with Crippen LogP contribution >= 0.6 is 0 Å². The fourth-order valence-corrected chi connectivity index (χ4v) is 4.12. The molecule has 1 aliphatic heterocycles. The van der Waals surface area contributed by atoms with Crippen molar-refractivity contribution in [1.29, 1.82) is 0 Å². The van der Waals surface area contributed by atoms with Crippen LogP contribution in [-0.4, -0.2) is 47.6 Å². The van der Waals surface area contributed by atoms with Crippen molar-refractivity contribution in [2.24, 2.45) is 0 Å². The number of amides is 1. The van der Waals surface area contributed by atoms with Gasteiger partial charge in [-0.1, -0.05) is 18.2 Å². The van der Waals surface area contributed by atoms with Crippen molar-refractivity contribution in [2.75, 3.05) is 26.8 Å². The first-order valence-corrected chi connectivity index (χ1v) is 10.5. The van der Waals surface area contributed by atoms with E-state index >= 15 is 0 Å². The first-order valence-electron chi connectivity index (χ1n) is 10.5. The SMILES string of the molecule is COc1cccc2[nH]c(C(=O)N3CCOC(c4cccc(-c5c(F)cccc5F)n4)C3)cc12. The van der Waals surface area contributed by atoms with Gasteiger partial charge < -0.3 is 19.4 Å². The molecule has 0 saturated carbocycles. The number of nitrogens with one attached hydrogen (secondary N) is 1. The van der Waals surface area contributed by atoms with Crippen LogP contribution in [0, 0.1) is 11.6 Å². The lowest BCUT2D eigenvalue weighted by atomic mass is 10.1. The Morgan fingerprint density at radius 2 is 1.88 bits per heavy atom. The number of carbonyl (C=O) groups is 1. The maximum atomic E-state index is 14.2. The molecular formula is C25H21F2N3O3. The molecule has 1 aliphatic rings. The lowest BCUT2D eigenvalue weighted by Gasteiger charge is -2.32. The van der Waals surface area contributed by atoms with Gasteiger partial charge in [0.25, 0.3) is 5.91 Å². The number of morpholine rings is 1. The van der Waals surface area contributed by atoms with E-state index in [1.807, 2.05) is 18.2 Å². The summed E-state index contributed by atoms with van der Waals surface area (Å²) >= 11 is 0. The average Bonchev–Trinajstić information content (AvgIpc) is 3.28. The van der Waals surface area contributed by atoms with E-state index in [4.69, 9.17) is 9.47 Å². The highest BCUT2D eigenvalue weighted by molar-refractivity contribution is 5.99. The lowest BCUT2D eigenvalue weighted by Crippen LogP contribution is -2.42. The van der Waals surface area contributed by atoms with Crippen molar-refractivity contribution in [1.82, 2.24) is 14.9 Å². The van der Waals surface area contributed by atoms with Gasteiger partial charge in [-0.2, -0.15) is 0 Å². The molecule has 1 saturated heterocycles. The largest absolute Gasteiger partial charge is 0.496 e. The number of H-pyrrole nitrogens is 1. The second-order valence-electron chi connectivity index (χ2n) is 7.76. The summed E-state index contributed by atoms with van der Waals surface area (Å²) in [6.45, 7) is 1.00. The first kappa shape index (κ1) is 21.1. The molecule has 168 valence electrons. The third-order valence-corrected chi connectivity index (χ3v) is 5.75. The number of carbonyl (C=O) groups excluding carboxylic acids is 1. The fourth-order valence-electron chi connectivity index (χ4n) is 4.12. The van der Waals surface area contributed by atoms with Crippen LogP contribution in [0.15, 0.2) is 60.7 Å². The standard InChI is InChI=1S/C25H21F2N3O3/c1-32-22-10-4-7-18-15(22)13-21(28-18)25(31)30-11-12-33-23(14-30)19-8-3-9-20(29-19)24-16(26)5-2-6-17(24)27/h2-10,13,23,28H,11-12,14H2,1H3. The predicted octanol–water partition coefficient (Wildman–Crippen LogP) is 4.73. The maximum Gasteiger partial charge on any atom is 0.270 e. The Morgan fingerprint density at radius 1 is 1.12 bits per heavy atom. The third kappa shape index (κ3) is 3.93. The number of hydrogen-bond acceptors (Lipinski definition) is 4. The molecule has 2 aromatic heterocycles. The van der Waals surface area contributed by atoms with Crippen LogP contribution in [0.4, 0.5) is 8.78 Å². The van der Waals surface area contributed by atoms with Crippen LogP contribution in [0.25, 0.3) is 22.2 Å². The molecule has 5 rings (SSSR count). The van der Waals surface area contributed by atoms with Crippen molar-refractivity contribution >= 4 is 16.8 Å². The number of hydrogen-bond donors (Lipinski definition) is 1. The predicted molar refractivity (Wildman–Crippen MR) is 119 cm³/mol. The number of aromatic nitrogens is 2. The lowest BCUT2D eigenvalue weighted by molar-refractivity contribution is -0.0248. The second kappa shape index (κ2) is 8.63. The van der Waals surface area contributed by atoms with E-state index in [9.17, 15) is 13.6 Å². The smallest absolute Gasteiger partial charge is 0.270 e. The molecule has 8 heteroatoms.